The van der Waals surface area contributed by atoms with Gasteiger partial charge in [-0.05, 0) is 56.6 Å². The monoisotopic (exact) mass is 349 g/mol. The van der Waals surface area contributed by atoms with Gasteiger partial charge in [0.25, 0.3) is 5.91 Å². The molecule has 4 heteroatoms. The van der Waals surface area contributed by atoms with E-state index < -0.39 is 0 Å². The van der Waals surface area contributed by atoms with Gasteiger partial charge in [0.05, 0.1) is 11.3 Å². The van der Waals surface area contributed by atoms with E-state index in [1.807, 2.05) is 54.4 Å². The Morgan fingerprint density at radius 3 is 2.42 bits per heavy atom. The number of carbonyl (C=O) groups excluding carboxylic acids is 1. The molecule has 1 unspecified atom stereocenters. The van der Waals surface area contributed by atoms with Crippen LogP contribution in [0.5, 0.6) is 0 Å². The fourth-order valence-corrected chi connectivity index (χ4v) is 4.24. The molecule has 2 fully saturated rings. The molecule has 2 aromatic carbocycles. The summed E-state index contributed by atoms with van der Waals surface area (Å²) < 4.78 is 0. The van der Waals surface area contributed by atoms with Crippen LogP contribution in [-0.4, -0.2) is 55.0 Å². The lowest BCUT2D eigenvalue weighted by Gasteiger charge is -2.26. The first-order chi connectivity index (χ1) is 12.7. The van der Waals surface area contributed by atoms with E-state index in [0.717, 1.165) is 36.4 Å². The van der Waals surface area contributed by atoms with E-state index in [4.69, 9.17) is 0 Å². The molecule has 0 spiro atoms. The summed E-state index contributed by atoms with van der Waals surface area (Å²) in [7, 11) is 2.03. The Hall–Kier alpha value is -2.33. The number of nitrogens with zero attached hydrogens (tertiary/aromatic N) is 3. The molecular formula is C22H27N3O. The fraction of sp³-hybridized carbons (Fsp3) is 0.409. The third-order valence-corrected chi connectivity index (χ3v) is 5.75. The number of likely N-dealkylation sites (tertiary alicyclic amines) is 2. The van der Waals surface area contributed by atoms with Crippen LogP contribution in [-0.2, 0) is 0 Å². The Balaban J connectivity index is 1.53. The zero-order chi connectivity index (χ0) is 17.9. The Morgan fingerprint density at radius 2 is 1.65 bits per heavy atom. The van der Waals surface area contributed by atoms with Crippen molar-refractivity contribution in [2.75, 3.05) is 38.1 Å². The number of para-hydroxylation sites is 2. The van der Waals surface area contributed by atoms with Crippen LogP contribution < -0.4 is 4.90 Å². The lowest BCUT2D eigenvalue weighted by Crippen LogP contribution is -2.37. The fourth-order valence-electron chi connectivity index (χ4n) is 4.24. The van der Waals surface area contributed by atoms with Gasteiger partial charge in [-0.25, -0.2) is 0 Å². The first-order valence-corrected chi connectivity index (χ1v) is 9.65. The molecule has 1 amide bonds. The second-order valence-corrected chi connectivity index (χ2v) is 7.35. The summed E-state index contributed by atoms with van der Waals surface area (Å²) in [6, 6.07) is 18.7. The number of rotatable bonds is 4. The van der Waals surface area contributed by atoms with Crippen molar-refractivity contribution in [1.29, 1.82) is 0 Å². The van der Waals surface area contributed by atoms with Gasteiger partial charge < -0.3 is 9.80 Å². The third-order valence-electron chi connectivity index (χ3n) is 5.75. The van der Waals surface area contributed by atoms with Crippen LogP contribution >= 0.6 is 0 Å². The summed E-state index contributed by atoms with van der Waals surface area (Å²) in [6.07, 6.45) is 3.70. The van der Waals surface area contributed by atoms with Gasteiger partial charge in [-0.3, -0.25) is 9.69 Å². The molecule has 0 saturated carbocycles. The van der Waals surface area contributed by atoms with Gasteiger partial charge >= 0.3 is 0 Å². The van der Waals surface area contributed by atoms with Crippen molar-refractivity contribution < 1.29 is 4.79 Å². The standard InChI is InChI=1S/C22H27N3O/c1-23(18-9-3-2-4-10-18)21-12-6-5-11-20(21)22(26)25-16-13-19(17-25)24-14-7-8-15-24/h2-6,9-12,19H,7-8,13-17H2,1H3. The second kappa shape index (κ2) is 7.50. The summed E-state index contributed by atoms with van der Waals surface area (Å²) in [6.45, 7) is 4.12. The topological polar surface area (TPSA) is 26.8 Å². The van der Waals surface area contributed by atoms with Gasteiger partial charge in [0.1, 0.15) is 0 Å². The summed E-state index contributed by atoms with van der Waals surface area (Å²) in [5, 5.41) is 0. The molecule has 0 N–H and O–H groups in total. The highest BCUT2D eigenvalue weighted by Gasteiger charge is 2.32. The molecule has 2 heterocycles. The van der Waals surface area contributed by atoms with Crippen molar-refractivity contribution in [1.82, 2.24) is 9.80 Å². The summed E-state index contributed by atoms with van der Waals surface area (Å²) in [5.74, 6) is 0.157. The number of carbonyl (C=O) groups is 1. The minimum atomic E-state index is 0.157. The van der Waals surface area contributed by atoms with Crippen molar-refractivity contribution in [3.63, 3.8) is 0 Å². The smallest absolute Gasteiger partial charge is 0.256 e. The minimum Gasteiger partial charge on any atom is -0.344 e. The van der Waals surface area contributed by atoms with E-state index in [1.165, 1.54) is 25.9 Å². The minimum absolute atomic E-state index is 0.157. The van der Waals surface area contributed by atoms with E-state index in [2.05, 4.69) is 21.9 Å². The molecule has 26 heavy (non-hydrogen) atoms. The zero-order valence-electron chi connectivity index (χ0n) is 15.5. The molecule has 0 bridgehead atoms. The molecular weight excluding hydrogens is 322 g/mol. The zero-order valence-corrected chi connectivity index (χ0v) is 15.5. The highest BCUT2D eigenvalue weighted by molar-refractivity contribution is 6.00. The van der Waals surface area contributed by atoms with E-state index in [-0.39, 0.29) is 5.91 Å². The number of benzene rings is 2. The summed E-state index contributed by atoms with van der Waals surface area (Å²) >= 11 is 0. The largest absolute Gasteiger partial charge is 0.344 e. The van der Waals surface area contributed by atoms with Crippen LogP contribution in [0.3, 0.4) is 0 Å². The van der Waals surface area contributed by atoms with Crippen molar-refractivity contribution in [2.45, 2.75) is 25.3 Å². The predicted octanol–water partition coefficient (Wildman–Crippen LogP) is 3.76. The maximum absolute atomic E-state index is 13.2. The van der Waals surface area contributed by atoms with Crippen molar-refractivity contribution in [3.05, 3.63) is 60.2 Å². The van der Waals surface area contributed by atoms with Crippen molar-refractivity contribution in [2.24, 2.45) is 0 Å². The van der Waals surface area contributed by atoms with E-state index in [1.54, 1.807) is 0 Å². The third kappa shape index (κ3) is 3.34. The average molecular weight is 349 g/mol. The Morgan fingerprint density at radius 1 is 0.962 bits per heavy atom. The van der Waals surface area contributed by atoms with Crippen LogP contribution in [0, 0.1) is 0 Å². The molecule has 4 rings (SSSR count). The summed E-state index contributed by atoms with van der Waals surface area (Å²) in [4.78, 5) is 20.0. The first-order valence-electron chi connectivity index (χ1n) is 9.65. The molecule has 2 aliphatic rings. The van der Waals surface area contributed by atoms with E-state index >= 15 is 0 Å². The molecule has 0 aliphatic carbocycles. The highest BCUT2D eigenvalue weighted by Crippen LogP contribution is 2.29. The predicted molar refractivity (Wildman–Crippen MR) is 106 cm³/mol. The van der Waals surface area contributed by atoms with Gasteiger partial charge in [0.2, 0.25) is 0 Å². The summed E-state index contributed by atoms with van der Waals surface area (Å²) in [5.41, 5.74) is 2.85. The van der Waals surface area contributed by atoms with E-state index in [0.29, 0.717) is 6.04 Å². The maximum Gasteiger partial charge on any atom is 0.256 e. The van der Waals surface area contributed by atoms with Crippen LogP contribution in [0.1, 0.15) is 29.6 Å². The van der Waals surface area contributed by atoms with Crippen LogP contribution in [0.25, 0.3) is 0 Å². The molecule has 0 radical (unpaired) electrons. The Kier molecular flexibility index (Phi) is 4.93. The van der Waals surface area contributed by atoms with Crippen molar-refractivity contribution >= 4 is 17.3 Å². The second-order valence-electron chi connectivity index (χ2n) is 7.35. The molecule has 1 atom stereocenters. The number of hydrogen-bond donors (Lipinski definition) is 0. The normalized spacial score (nSPS) is 20.5. The quantitative estimate of drug-likeness (QED) is 0.841. The number of anilines is 2. The SMILES string of the molecule is CN(c1ccccc1)c1ccccc1C(=O)N1CCC(N2CCCC2)C1. The van der Waals surface area contributed by atoms with Gasteiger partial charge in [0.15, 0.2) is 0 Å². The highest BCUT2D eigenvalue weighted by atomic mass is 16.2. The molecule has 2 saturated heterocycles. The molecule has 2 aliphatic heterocycles. The number of hydrogen-bond acceptors (Lipinski definition) is 3. The Bertz CT molecular complexity index is 755. The van der Waals surface area contributed by atoms with Crippen LogP contribution in [0.15, 0.2) is 54.6 Å². The van der Waals surface area contributed by atoms with Crippen LogP contribution in [0.2, 0.25) is 0 Å². The van der Waals surface area contributed by atoms with Gasteiger partial charge in [-0.15, -0.1) is 0 Å². The van der Waals surface area contributed by atoms with E-state index in [9.17, 15) is 4.79 Å². The molecule has 0 aromatic heterocycles. The maximum atomic E-state index is 13.2. The molecule has 2 aromatic rings. The van der Waals surface area contributed by atoms with Gasteiger partial charge in [-0.2, -0.15) is 0 Å². The first kappa shape index (κ1) is 17.1. The Labute approximate surface area is 156 Å². The molecule has 4 nitrogen and oxygen atoms in total. The molecule has 136 valence electrons. The van der Waals surface area contributed by atoms with Crippen LogP contribution in [0.4, 0.5) is 11.4 Å². The number of amides is 1. The van der Waals surface area contributed by atoms with Crippen molar-refractivity contribution in [3.8, 4) is 0 Å². The van der Waals surface area contributed by atoms with Gasteiger partial charge in [-0.1, -0.05) is 30.3 Å². The van der Waals surface area contributed by atoms with Gasteiger partial charge in [0, 0.05) is 31.9 Å². The average Bonchev–Trinajstić information content (AvgIpc) is 3.39. The lowest BCUT2D eigenvalue weighted by atomic mass is 10.1. The lowest BCUT2D eigenvalue weighted by molar-refractivity contribution is 0.0781.